The van der Waals surface area contributed by atoms with Crippen molar-refractivity contribution in [2.45, 2.75) is 20.3 Å². The van der Waals surface area contributed by atoms with Crippen molar-refractivity contribution in [2.24, 2.45) is 0 Å². The second-order valence-electron chi connectivity index (χ2n) is 4.29. The van der Waals surface area contributed by atoms with Gasteiger partial charge in [-0.1, -0.05) is 25.2 Å². The minimum atomic E-state index is -0.270. The molecule has 1 aromatic carbocycles. The fourth-order valence-corrected chi connectivity index (χ4v) is 2.61. The van der Waals surface area contributed by atoms with Crippen LogP contribution in [0.15, 0.2) is 27.4 Å². The molecule has 0 N–H and O–H groups in total. The van der Waals surface area contributed by atoms with Crippen LogP contribution in [0.2, 0.25) is 0 Å². The number of ether oxygens (including phenoxy) is 1. The van der Waals surface area contributed by atoms with E-state index < -0.39 is 0 Å². The van der Waals surface area contributed by atoms with E-state index in [-0.39, 0.29) is 4.94 Å². The van der Waals surface area contributed by atoms with Crippen molar-refractivity contribution < 1.29 is 9.15 Å². The van der Waals surface area contributed by atoms with E-state index in [0.29, 0.717) is 12.2 Å². The van der Waals surface area contributed by atoms with E-state index in [4.69, 9.17) is 9.15 Å². The minimum Gasteiger partial charge on any atom is -0.493 e. The van der Waals surface area contributed by atoms with Gasteiger partial charge in [0.25, 0.3) is 0 Å². The molecule has 0 aliphatic heterocycles. The van der Waals surface area contributed by atoms with Gasteiger partial charge in [0.05, 0.1) is 11.3 Å². The standard InChI is InChI=1S/C14H19NO3S/c1-3-15(4-2)8-5-9-17-11-6-7-13-12(10-11)18-14(16)19-13/h6-7,10H,3-5,8-9H2,1-2H3. The maximum atomic E-state index is 11.1. The summed E-state index contributed by atoms with van der Waals surface area (Å²) in [5.74, 6) is 0.758. The first-order valence-corrected chi connectivity index (χ1v) is 7.43. The van der Waals surface area contributed by atoms with Crippen LogP contribution in [0.4, 0.5) is 0 Å². The van der Waals surface area contributed by atoms with Crippen LogP contribution in [-0.2, 0) is 0 Å². The molecule has 0 spiro atoms. The van der Waals surface area contributed by atoms with Gasteiger partial charge in [-0.2, -0.15) is 0 Å². The summed E-state index contributed by atoms with van der Waals surface area (Å²) in [6.07, 6.45) is 0.993. The van der Waals surface area contributed by atoms with E-state index in [0.717, 1.165) is 47.8 Å². The molecule has 0 aliphatic rings. The number of hydrogen-bond donors (Lipinski definition) is 0. The van der Waals surface area contributed by atoms with E-state index >= 15 is 0 Å². The van der Waals surface area contributed by atoms with Gasteiger partial charge in [0, 0.05) is 12.6 Å². The number of benzene rings is 1. The molecule has 2 rings (SSSR count). The second kappa shape index (κ2) is 6.73. The average molecular weight is 281 g/mol. The topological polar surface area (TPSA) is 42.7 Å². The maximum absolute atomic E-state index is 11.1. The van der Waals surface area contributed by atoms with Crippen LogP contribution < -0.4 is 9.68 Å². The molecule has 1 aromatic heterocycles. The number of rotatable bonds is 7. The predicted octanol–water partition coefficient (Wildman–Crippen LogP) is 2.97. The van der Waals surface area contributed by atoms with Crippen LogP contribution in [-0.4, -0.2) is 31.1 Å². The third-order valence-electron chi connectivity index (χ3n) is 3.08. The SMILES string of the molecule is CCN(CC)CCCOc1ccc2sc(=O)oc2c1. The van der Waals surface area contributed by atoms with E-state index in [1.54, 1.807) is 6.07 Å². The summed E-state index contributed by atoms with van der Waals surface area (Å²) in [5.41, 5.74) is 0.608. The van der Waals surface area contributed by atoms with Crippen molar-refractivity contribution >= 4 is 21.6 Å². The smallest absolute Gasteiger partial charge is 0.396 e. The highest BCUT2D eigenvalue weighted by atomic mass is 32.1. The molecule has 2 aromatic rings. The molecule has 0 atom stereocenters. The third kappa shape index (κ3) is 3.81. The van der Waals surface area contributed by atoms with Gasteiger partial charge in [-0.3, -0.25) is 0 Å². The summed E-state index contributed by atoms with van der Waals surface area (Å²) in [5, 5.41) is 0. The van der Waals surface area contributed by atoms with Crippen LogP contribution >= 0.6 is 11.3 Å². The molecule has 104 valence electrons. The summed E-state index contributed by atoms with van der Waals surface area (Å²) in [6, 6.07) is 5.53. The molecule has 4 nitrogen and oxygen atoms in total. The molecule has 1 heterocycles. The van der Waals surface area contributed by atoms with Gasteiger partial charge in [-0.15, -0.1) is 0 Å². The monoisotopic (exact) mass is 281 g/mol. The fourth-order valence-electron chi connectivity index (χ4n) is 1.96. The Hall–Kier alpha value is -1.33. The molecule has 0 radical (unpaired) electrons. The predicted molar refractivity (Wildman–Crippen MR) is 78.3 cm³/mol. The molecule has 0 bridgehead atoms. The average Bonchev–Trinajstić information content (AvgIpc) is 2.78. The summed E-state index contributed by atoms with van der Waals surface area (Å²) >= 11 is 1.11. The Bertz CT molecular complexity index is 571. The first kappa shape index (κ1) is 14.1. The van der Waals surface area contributed by atoms with E-state index in [1.165, 1.54) is 0 Å². The molecule has 0 amide bonds. The lowest BCUT2D eigenvalue weighted by Gasteiger charge is -2.17. The largest absolute Gasteiger partial charge is 0.493 e. The number of nitrogens with zero attached hydrogens (tertiary/aromatic N) is 1. The highest BCUT2D eigenvalue weighted by molar-refractivity contribution is 7.16. The zero-order valence-electron chi connectivity index (χ0n) is 11.3. The summed E-state index contributed by atoms with van der Waals surface area (Å²) in [6.45, 7) is 8.19. The Labute approximate surface area is 116 Å². The summed E-state index contributed by atoms with van der Waals surface area (Å²) in [4.78, 5) is 13.2. The number of fused-ring (bicyclic) bond motifs is 1. The third-order valence-corrected chi connectivity index (χ3v) is 3.89. The fraction of sp³-hybridized carbons (Fsp3) is 0.500. The van der Waals surface area contributed by atoms with Gasteiger partial charge < -0.3 is 14.1 Å². The van der Waals surface area contributed by atoms with E-state index in [9.17, 15) is 4.79 Å². The van der Waals surface area contributed by atoms with Crippen molar-refractivity contribution in [1.82, 2.24) is 4.90 Å². The molecule has 0 unspecified atom stereocenters. The first-order chi connectivity index (χ1) is 9.22. The molecule has 0 saturated heterocycles. The molecule has 0 aliphatic carbocycles. The normalized spacial score (nSPS) is 11.3. The van der Waals surface area contributed by atoms with Crippen LogP contribution in [0.3, 0.4) is 0 Å². The van der Waals surface area contributed by atoms with E-state index in [1.807, 2.05) is 12.1 Å². The highest BCUT2D eigenvalue weighted by Gasteiger charge is 2.04. The minimum absolute atomic E-state index is 0.270. The molecular weight excluding hydrogens is 262 g/mol. The summed E-state index contributed by atoms with van der Waals surface area (Å²) < 4.78 is 11.6. The van der Waals surface area contributed by atoms with Crippen LogP contribution in [0.25, 0.3) is 10.3 Å². The molecule has 5 heteroatoms. The first-order valence-electron chi connectivity index (χ1n) is 6.61. The van der Waals surface area contributed by atoms with Crippen molar-refractivity contribution in [3.8, 4) is 5.75 Å². The van der Waals surface area contributed by atoms with Crippen molar-refractivity contribution in [1.29, 1.82) is 0 Å². The lowest BCUT2D eigenvalue weighted by molar-refractivity contribution is 0.249. The van der Waals surface area contributed by atoms with Gasteiger partial charge >= 0.3 is 4.94 Å². The van der Waals surface area contributed by atoms with Crippen LogP contribution in [0.1, 0.15) is 20.3 Å². The Kier molecular flexibility index (Phi) is 4.99. The second-order valence-corrected chi connectivity index (χ2v) is 5.27. The zero-order chi connectivity index (χ0) is 13.7. The Balaban J connectivity index is 1.86. The zero-order valence-corrected chi connectivity index (χ0v) is 12.2. The highest BCUT2D eigenvalue weighted by Crippen LogP contribution is 2.22. The van der Waals surface area contributed by atoms with E-state index in [2.05, 4.69) is 18.7 Å². The van der Waals surface area contributed by atoms with Crippen molar-refractivity contribution in [3.63, 3.8) is 0 Å². The lowest BCUT2D eigenvalue weighted by Crippen LogP contribution is -2.25. The van der Waals surface area contributed by atoms with Gasteiger partial charge in [0.15, 0.2) is 5.58 Å². The maximum Gasteiger partial charge on any atom is 0.396 e. The molecule has 0 saturated carbocycles. The Morgan fingerprint density at radius 1 is 1.32 bits per heavy atom. The van der Waals surface area contributed by atoms with Gasteiger partial charge in [0.1, 0.15) is 5.75 Å². The Morgan fingerprint density at radius 3 is 2.84 bits per heavy atom. The van der Waals surface area contributed by atoms with Crippen molar-refractivity contribution in [2.75, 3.05) is 26.2 Å². The van der Waals surface area contributed by atoms with Crippen LogP contribution in [0.5, 0.6) is 5.75 Å². The van der Waals surface area contributed by atoms with Gasteiger partial charge in [0.2, 0.25) is 0 Å². The lowest BCUT2D eigenvalue weighted by atomic mass is 10.3. The van der Waals surface area contributed by atoms with Gasteiger partial charge in [-0.05, 0) is 31.6 Å². The van der Waals surface area contributed by atoms with Gasteiger partial charge in [-0.25, -0.2) is 4.79 Å². The number of hydrogen-bond acceptors (Lipinski definition) is 5. The quantitative estimate of drug-likeness (QED) is 0.732. The molecular formula is C14H19NO3S. The Morgan fingerprint density at radius 2 is 2.11 bits per heavy atom. The molecule has 19 heavy (non-hydrogen) atoms. The van der Waals surface area contributed by atoms with Crippen molar-refractivity contribution in [3.05, 3.63) is 27.9 Å². The van der Waals surface area contributed by atoms with Crippen LogP contribution in [0, 0.1) is 0 Å². The summed E-state index contributed by atoms with van der Waals surface area (Å²) in [7, 11) is 0. The molecule has 0 fully saturated rings.